The molecule has 0 unspecified atom stereocenters. The predicted molar refractivity (Wildman–Crippen MR) is 129 cm³/mol. The lowest BCUT2D eigenvalue weighted by atomic mass is 10.2. The minimum absolute atomic E-state index is 0.0148. The Balaban J connectivity index is 1.71. The number of ether oxygens (including phenoxy) is 2. The van der Waals surface area contributed by atoms with E-state index >= 15 is 0 Å². The van der Waals surface area contributed by atoms with Crippen molar-refractivity contribution in [3.63, 3.8) is 0 Å². The first-order valence-corrected chi connectivity index (χ1v) is 11.0. The Labute approximate surface area is 203 Å². The maximum absolute atomic E-state index is 12.2. The number of nitro benzene ring substituents is 1. The van der Waals surface area contributed by atoms with Gasteiger partial charge in [0, 0.05) is 22.7 Å². The van der Waals surface area contributed by atoms with Crippen LogP contribution in [-0.4, -0.2) is 23.7 Å². The van der Waals surface area contributed by atoms with Gasteiger partial charge in [0.2, 0.25) is 0 Å². The van der Waals surface area contributed by atoms with Crippen molar-refractivity contribution in [1.82, 2.24) is 5.43 Å². The van der Waals surface area contributed by atoms with Crippen molar-refractivity contribution in [3.8, 4) is 11.5 Å². The van der Waals surface area contributed by atoms with Crippen molar-refractivity contribution in [2.75, 3.05) is 6.61 Å². The Morgan fingerprint density at radius 1 is 1.18 bits per heavy atom. The van der Waals surface area contributed by atoms with E-state index in [4.69, 9.17) is 21.1 Å². The predicted octanol–water partition coefficient (Wildman–Crippen LogP) is 5.75. The van der Waals surface area contributed by atoms with E-state index in [9.17, 15) is 14.9 Å². The zero-order chi connectivity index (χ0) is 23.8. The number of hydrogen-bond donors (Lipinski definition) is 1. The van der Waals surface area contributed by atoms with E-state index in [0.29, 0.717) is 38.7 Å². The highest BCUT2D eigenvalue weighted by Gasteiger charge is 2.13. The van der Waals surface area contributed by atoms with Crippen LogP contribution in [0.25, 0.3) is 0 Å². The largest absolute Gasteiger partial charge is 0.490 e. The van der Waals surface area contributed by atoms with Crippen LogP contribution in [0.2, 0.25) is 5.02 Å². The summed E-state index contributed by atoms with van der Waals surface area (Å²) in [4.78, 5) is 22.5. The second-order valence-electron chi connectivity index (χ2n) is 6.68. The molecular formula is C23H19BrClN3O5. The van der Waals surface area contributed by atoms with Crippen LogP contribution in [-0.2, 0) is 6.61 Å². The molecule has 0 aliphatic carbocycles. The van der Waals surface area contributed by atoms with Crippen molar-refractivity contribution in [3.05, 3.63) is 97.0 Å². The highest BCUT2D eigenvalue weighted by Crippen LogP contribution is 2.37. The van der Waals surface area contributed by atoms with Crippen molar-refractivity contribution >= 4 is 45.3 Å². The molecule has 1 N–H and O–H groups in total. The fraction of sp³-hybridized carbons (Fsp3) is 0.130. The van der Waals surface area contributed by atoms with Gasteiger partial charge in [-0.05, 0) is 76.4 Å². The summed E-state index contributed by atoms with van der Waals surface area (Å²) in [6.45, 7) is 2.45. The Morgan fingerprint density at radius 3 is 2.61 bits per heavy atom. The molecule has 0 spiro atoms. The Hall–Kier alpha value is -3.43. The van der Waals surface area contributed by atoms with Crippen LogP contribution in [0.15, 0.2) is 70.2 Å². The summed E-state index contributed by atoms with van der Waals surface area (Å²) in [6, 6.07) is 16.2. The third-order valence-electron chi connectivity index (χ3n) is 4.33. The molecule has 3 aromatic rings. The maximum atomic E-state index is 12.2. The van der Waals surface area contributed by atoms with Crippen LogP contribution in [0.1, 0.15) is 28.4 Å². The third-order valence-corrected chi connectivity index (χ3v) is 5.15. The highest BCUT2D eigenvalue weighted by molar-refractivity contribution is 9.10. The van der Waals surface area contributed by atoms with Crippen LogP contribution in [0, 0.1) is 10.1 Å². The molecule has 0 saturated carbocycles. The van der Waals surface area contributed by atoms with Gasteiger partial charge in [-0.3, -0.25) is 14.9 Å². The van der Waals surface area contributed by atoms with Crippen LogP contribution >= 0.6 is 27.5 Å². The van der Waals surface area contributed by atoms with Gasteiger partial charge >= 0.3 is 0 Å². The molecule has 8 nitrogen and oxygen atoms in total. The van der Waals surface area contributed by atoms with Gasteiger partial charge in [-0.15, -0.1) is 0 Å². The SMILES string of the molecule is CCOc1cc(/C=N\NC(=O)c2cccc(Cl)c2)cc(Br)c1OCc1ccc([N+](=O)[O-])cc1. The van der Waals surface area contributed by atoms with E-state index < -0.39 is 4.92 Å². The fourth-order valence-electron chi connectivity index (χ4n) is 2.79. The maximum Gasteiger partial charge on any atom is 0.271 e. The summed E-state index contributed by atoms with van der Waals surface area (Å²) in [5.74, 6) is 0.576. The monoisotopic (exact) mass is 531 g/mol. The molecule has 0 bridgehead atoms. The van der Waals surface area contributed by atoms with Crippen molar-refractivity contribution in [2.45, 2.75) is 13.5 Å². The second kappa shape index (κ2) is 11.4. The average Bonchev–Trinajstić information content (AvgIpc) is 2.79. The molecule has 3 rings (SSSR count). The minimum atomic E-state index is -0.452. The minimum Gasteiger partial charge on any atom is -0.490 e. The molecule has 33 heavy (non-hydrogen) atoms. The molecule has 0 saturated heterocycles. The first-order chi connectivity index (χ1) is 15.9. The van der Waals surface area contributed by atoms with Gasteiger partial charge in [-0.25, -0.2) is 5.43 Å². The zero-order valence-electron chi connectivity index (χ0n) is 17.5. The summed E-state index contributed by atoms with van der Waals surface area (Å²) in [5.41, 5.74) is 4.30. The number of non-ortho nitro benzene ring substituents is 1. The van der Waals surface area contributed by atoms with Gasteiger partial charge in [0.1, 0.15) is 6.61 Å². The van der Waals surface area contributed by atoms with E-state index in [0.717, 1.165) is 5.56 Å². The van der Waals surface area contributed by atoms with E-state index in [1.807, 2.05) is 6.92 Å². The van der Waals surface area contributed by atoms with Gasteiger partial charge < -0.3 is 9.47 Å². The summed E-state index contributed by atoms with van der Waals surface area (Å²) in [7, 11) is 0. The number of hydrazone groups is 1. The summed E-state index contributed by atoms with van der Waals surface area (Å²) in [5, 5.41) is 15.3. The van der Waals surface area contributed by atoms with Crippen LogP contribution in [0.4, 0.5) is 5.69 Å². The smallest absolute Gasteiger partial charge is 0.271 e. The van der Waals surface area contributed by atoms with Gasteiger partial charge in [-0.2, -0.15) is 5.10 Å². The van der Waals surface area contributed by atoms with Crippen molar-refractivity contribution in [1.29, 1.82) is 0 Å². The van der Waals surface area contributed by atoms with Crippen LogP contribution in [0.3, 0.4) is 0 Å². The Bertz CT molecular complexity index is 1190. The summed E-state index contributed by atoms with van der Waals surface area (Å²) in [6.07, 6.45) is 1.48. The van der Waals surface area contributed by atoms with Gasteiger partial charge in [0.05, 0.1) is 22.2 Å². The molecule has 0 radical (unpaired) electrons. The third kappa shape index (κ3) is 6.77. The molecule has 170 valence electrons. The molecular weight excluding hydrogens is 514 g/mol. The van der Waals surface area contributed by atoms with Gasteiger partial charge in [0.25, 0.3) is 11.6 Å². The first kappa shape index (κ1) is 24.2. The molecule has 0 aliphatic rings. The molecule has 0 aliphatic heterocycles. The van der Waals surface area contributed by atoms with Gasteiger partial charge in [-0.1, -0.05) is 17.7 Å². The molecule has 0 heterocycles. The van der Waals surface area contributed by atoms with Crippen LogP contribution in [0.5, 0.6) is 11.5 Å². The number of amides is 1. The van der Waals surface area contributed by atoms with Crippen molar-refractivity contribution in [2.24, 2.45) is 5.10 Å². The number of hydrogen-bond acceptors (Lipinski definition) is 6. The molecule has 0 atom stereocenters. The lowest BCUT2D eigenvalue weighted by Gasteiger charge is -2.14. The number of rotatable bonds is 9. The van der Waals surface area contributed by atoms with E-state index in [1.165, 1.54) is 18.3 Å². The Morgan fingerprint density at radius 2 is 1.94 bits per heavy atom. The number of benzene rings is 3. The fourth-order valence-corrected chi connectivity index (χ4v) is 3.56. The second-order valence-corrected chi connectivity index (χ2v) is 7.98. The topological polar surface area (TPSA) is 103 Å². The number of carbonyl (C=O) groups excluding carboxylic acids is 1. The zero-order valence-corrected chi connectivity index (χ0v) is 19.8. The Kier molecular flexibility index (Phi) is 8.39. The molecule has 0 aromatic heterocycles. The highest BCUT2D eigenvalue weighted by atomic mass is 79.9. The lowest BCUT2D eigenvalue weighted by molar-refractivity contribution is -0.384. The summed E-state index contributed by atoms with van der Waals surface area (Å²) < 4.78 is 12.2. The number of nitro groups is 1. The van der Waals surface area contributed by atoms with Crippen LogP contribution < -0.4 is 14.9 Å². The number of nitrogens with zero attached hydrogens (tertiary/aromatic N) is 2. The first-order valence-electron chi connectivity index (χ1n) is 9.79. The number of carbonyl (C=O) groups is 1. The summed E-state index contributed by atoms with van der Waals surface area (Å²) >= 11 is 9.39. The van der Waals surface area contributed by atoms with E-state index in [1.54, 1.807) is 48.5 Å². The normalized spacial score (nSPS) is 10.8. The molecule has 0 fully saturated rings. The lowest BCUT2D eigenvalue weighted by Crippen LogP contribution is -2.17. The number of nitrogens with one attached hydrogen (secondary N) is 1. The van der Waals surface area contributed by atoms with Crippen molar-refractivity contribution < 1.29 is 19.2 Å². The average molecular weight is 533 g/mol. The number of halogens is 2. The molecule has 1 amide bonds. The van der Waals surface area contributed by atoms with E-state index in [-0.39, 0.29) is 18.2 Å². The van der Waals surface area contributed by atoms with Gasteiger partial charge in [0.15, 0.2) is 11.5 Å². The van der Waals surface area contributed by atoms with E-state index in [2.05, 4.69) is 26.5 Å². The standard InChI is InChI=1S/C23H19BrClN3O5/c1-2-32-21-11-16(13-26-27-23(29)17-4-3-5-18(25)12-17)10-20(24)22(21)33-14-15-6-8-19(9-7-15)28(30)31/h3-13H,2,14H2,1H3,(H,27,29)/b26-13-. The molecule has 10 heteroatoms. The molecule has 3 aromatic carbocycles. The quantitative estimate of drug-likeness (QED) is 0.215.